The summed E-state index contributed by atoms with van der Waals surface area (Å²) in [6, 6.07) is 4.52. The molecule has 0 radical (unpaired) electrons. The highest BCUT2D eigenvalue weighted by atomic mass is 35.5. The molecule has 0 bridgehead atoms. The lowest BCUT2D eigenvalue weighted by Gasteiger charge is -2.02. The van der Waals surface area contributed by atoms with Crippen molar-refractivity contribution in [3.63, 3.8) is 0 Å². The first-order chi connectivity index (χ1) is 6.59. The molecule has 1 N–H and O–H groups in total. The van der Waals surface area contributed by atoms with Gasteiger partial charge in [-0.3, -0.25) is 0 Å². The fourth-order valence-electron chi connectivity index (χ4n) is 1.34. The summed E-state index contributed by atoms with van der Waals surface area (Å²) in [6.45, 7) is 1.78. The molecule has 0 amide bonds. The van der Waals surface area contributed by atoms with Crippen LogP contribution in [0.3, 0.4) is 0 Å². The Kier molecular flexibility index (Phi) is 1.97. The van der Waals surface area contributed by atoms with Gasteiger partial charge in [-0.05, 0) is 24.6 Å². The minimum atomic E-state index is -0.470. The fraction of sp³-hybridized carbons (Fsp3) is 0.100. The van der Waals surface area contributed by atoms with Gasteiger partial charge < -0.3 is 9.52 Å². The maximum absolute atomic E-state index is 11.1. The van der Waals surface area contributed by atoms with Gasteiger partial charge in [-0.25, -0.2) is 4.79 Å². The Labute approximate surface area is 84.5 Å². The third-order valence-corrected chi connectivity index (χ3v) is 2.40. The average Bonchev–Trinajstić information content (AvgIpc) is 2.12. The van der Waals surface area contributed by atoms with Crippen molar-refractivity contribution >= 4 is 22.6 Å². The molecule has 1 heterocycles. The van der Waals surface area contributed by atoms with E-state index in [1.165, 1.54) is 12.1 Å². The molecule has 0 fully saturated rings. The topological polar surface area (TPSA) is 50.4 Å². The molecule has 14 heavy (non-hydrogen) atoms. The van der Waals surface area contributed by atoms with Gasteiger partial charge >= 0.3 is 5.63 Å². The fourth-order valence-corrected chi connectivity index (χ4v) is 1.54. The summed E-state index contributed by atoms with van der Waals surface area (Å²) in [6.07, 6.45) is 0. The van der Waals surface area contributed by atoms with Gasteiger partial charge in [-0.2, -0.15) is 0 Å². The molecule has 1 aromatic carbocycles. The first-order valence-corrected chi connectivity index (χ1v) is 4.39. The van der Waals surface area contributed by atoms with E-state index in [0.717, 1.165) is 10.9 Å². The lowest BCUT2D eigenvalue weighted by molar-refractivity contribution is 0.473. The van der Waals surface area contributed by atoms with Gasteiger partial charge in [0, 0.05) is 11.5 Å². The van der Waals surface area contributed by atoms with Gasteiger partial charge in [0.1, 0.15) is 10.8 Å². The van der Waals surface area contributed by atoms with Crippen LogP contribution in [0.15, 0.2) is 27.4 Å². The van der Waals surface area contributed by atoms with Crippen molar-refractivity contribution in [2.45, 2.75) is 6.92 Å². The number of hydrogen-bond donors (Lipinski definition) is 1. The van der Waals surface area contributed by atoms with Crippen molar-refractivity contribution in [2.24, 2.45) is 0 Å². The lowest BCUT2D eigenvalue weighted by atomic mass is 10.1. The number of hydrogen-bond acceptors (Lipinski definition) is 3. The molecule has 0 aliphatic rings. The number of rotatable bonds is 0. The number of halogens is 1. The summed E-state index contributed by atoms with van der Waals surface area (Å²) in [4.78, 5) is 11.1. The van der Waals surface area contributed by atoms with Crippen molar-refractivity contribution in [2.75, 3.05) is 0 Å². The molecule has 0 unspecified atom stereocenters. The van der Waals surface area contributed by atoms with Crippen LogP contribution < -0.4 is 5.63 Å². The summed E-state index contributed by atoms with van der Waals surface area (Å²) in [5.41, 5.74) is 0.539. The van der Waals surface area contributed by atoms with E-state index in [2.05, 4.69) is 0 Å². The maximum Gasteiger partial charge on any atom is 0.336 e. The van der Waals surface area contributed by atoms with Crippen molar-refractivity contribution < 1.29 is 9.52 Å². The summed E-state index contributed by atoms with van der Waals surface area (Å²) >= 11 is 5.79. The van der Waals surface area contributed by atoms with Crippen LogP contribution in [-0.4, -0.2) is 5.11 Å². The number of aromatic hydroxyl groups is 1. The van der Waals surface area contributed by atoms with E-state index in [1.807, 2.05) is 0 Å². The quantitative estimate of drug-likeness (QED) is 0.680. The second kappa shape index (κ2) is 3.03. The normalized spacial score (nSPS) is 10.7. The van der Waals surface area contributed by atoms with Crippen molar-refractivity contribution in [3.8, 4) is 5.75 Å². The van der Waals surface area contributed by atoms with E-state index in [4.69, 9.17) is 16.0 Å². The highest BCUT2D eigenvalue weighted by Crippen LogP contribution is 2.31. The first kappa shape index (κ1) is 9.09. The molecule has 0 atom stereocenters. The first-order valence-electron chi connectivity index (χ1n) is 4.01. The molecule has 72 valence electrons. The van der Waals surface area contributed by atoms with Gasteiger partial charge in [0.25, 0.3) is 0 Å². The Balaban J connectivity index is 3.02. The van der Waals surface area contributed by atoms with Crippen LogP contribution in [0.1, 0.15) is 5.56 Å². The Morgan fingerprint density at radius 3 is 2.86 bits per heavy atom. The molecule has 1 aromatic heterocycles. The van der Waals surface area contributed by atoms with Crippen molar-refractivity contribution in [3.05, 3.63) is 39.2 Å². The smallest absolute Gasteiger partial charge is 0.336 e. The van der Waals surface area contributed by atoms with Crippen LogP contribution in [0.25, 0.3) is 11.0 Å². The van der Waals surface area contributed by atoms with E-state index in [0.29, 0.717) is 0 Å². The second-order valence-electron chi connectivity index (χ2n) is 3.02. The van der Waals surface area contributed by atoms with E-state index >= 15 is 0 Å². The molecular weight excluding hydrogens is 204 g/mol. The van der Waals surface area contributed by atoms with Gasteiger partial charge in [0.05, 0.1) is 0 Å². The molecule has 2 rings (SSSR count). The van der Waals surface area contributed by atoms with Crippen LogP contribution in [0, 0.1) is 6.92 Å². The zero-order chi connectivity index (χ0) is 10.3. The Morgan fingerprint density at radius 2 is 2.14 bits per heavy atom. The van der Waals surface area contributed by atoms with Crippen LogP contribution in [0.5, 0.6) is 5.75 Å². The lowest BCUT2D eigenvalue weighted by Crippen LogP contribution is -1.97. The molecule has 0 saturated heterocycles. The largest absolute Gasteiger partial charge is 0.506 e. The summed E-state index contributed by atoms with van der Waals surface area (Å²) in [5, 5.41) is 10.1. The van der Waals surface area contributed by atoms with Crippen molar-refractivity contribution in [1.82, 2.24) is 0 Å². The van der Waals surface area contributed by atoms with E-state index in [-0.39, 0.29) is 16.4 Å². The number of benzene rings is 1. The van der Waals surface area contributed by atoms with E-state index in [9.17, 15) is 9.90 Å². The average molecular weight is 211 g/mol. The Bertz CT molecular complexity index is 557. The molecule has 0 aliphatic heterocycles. The summed E-state index contributed by atoms with van der Waals surface area (Å²) < 4.78 is 4.91. The van der Waals surface area contributed by atoms with Crippen molar-refractivity contribution in [1.29, 1.82) is 0 Å². The van der Waals surface area contributed by atoms with E-state index in [1.54, 1.807) is 13.0 Å². The minimum absolute atomic E-state index is 0.0725. The number of phenolic OH excluding ortho intramolecular Hbond substituents is 1. The molecule has 4 heteroatoms. The third-order valence-electron chi connectivity index (χ3n) is 2.04. The van der Waals surface area contributed by atoms with Gasteiger partial charge in [-0.1, -0.05) is 11.6 Å². The predicted molar refractivity (Wildman–Crippen MR) is 53.9 cm³/mol. The Hall–Kier alpha value is -1.48. The maximum atomic E-state index is 11.1. The monoisotopic (exact) mass is 210 g/mol. The molecule has 0 spiro atoms. The molecule has 0 saturated carbocycles. The number of fused-ring (bicyclic) bond motifs is 1. The van der Waals surface area contributed by atoms with Gasteiger partial charge in [0.2, 0.25) is 0 Å². The number of phenols is 1. The van der Waals surface area contributed by atoms with Crippen LogP contribution in [-0.2, 0) is 0 Å². The highest BCUT2D eigenvalue weighted by Gasteiger charge is 2.09. The molecule has 0 aliphatic carbocycles. The van der Waals surface area contributed by atoms with Gasteiger partial charge in [-0.15, -0.1) is 0 Å². The SMILES string of the molecule is Cc1cc(=O)oc2c(Cl)c(O)ccc12. The molecular formula is C10H7ClO3. The number of aryl methyl sites for hydroxylation is 1. The third kappa shape index (κ3) is 1.26. The molecule has 2 aromatic rings. The highest BCUT2D eigenvalue weighted by molar-refractivity contribution is 6.36. The molecule has 3 nitrogen and oxygen atoms in total. The summed E-state index contributed by atoms with van der Waals surface area (Å²) in [5.74, 6) is -0.0899. The second-order valence-corrected chi connectivity index (χ2v) is 3.40. The Morgan fingerprint density at radius 1 is 1.43 bits per heavy atom. The minimum Gasteiger partial charge on any atom is -0.506 e. The van der Waals surface area contributed by atoms with Gasteiger partial charge in [0.15, 0.2) is 5.58 Å². The zero-order valence-electron chi connectivity index (χ0n) is 7.37. The zero-order valence-corrected chi connectivity index (χ0v) is 8.13. The standard InChI is InChI=1S/C10H7ClO3/c1-5-4-8(13)14-10-6(5)2-3-7(12)9(10)11/h2-4,12H,1H3. The summed E-state index contributed by atoms with van der Waals surface area (Å²) in [7, 11) is 0. The van der Waals surface area contributed by atoms with Crippen LogP contribution >= 0.6 is 11.6 Å². The van der Waals surface area contributed by atoms with E-state index < -0.39 is 5.63 Å². The van der Waals surface area contributed by atoms with Crippen LogP contribution in [0.4, 0.5) is 0 Å². The predicted octanol–water partition coefficient (Wildman–Crippen LogP) is 2.46. The van der Waals surface area contributed by atoms with Crippen LogP contribution in [0.2, 0.25) is 5.02 Å².